The van der Waals surface area contributed by atoms with Gasteiger partial charge in [0.05, 0.1) is 19.6 Å². The highest BCUT2D eigenvalue weighted by molar-refractivity contribution is 5.72. The van der Waals surface area contributed by atoms with Gasteiger partial charge in [-0.05, 0) is 19.4 Å². The number of esters is 1. The van der Waals surface area contributed by atoms with Crippen molar-refractivity contribution in [3.05, 3.63) is 0 Å². The number of terminal acetylenes is 1. The molecule has 0 aromatic carbocycles. The zero-order chi connectivity index (χ0) is 9.68. The quantitative estimate of drug-likeness (QED) is 0.459. The summed E-state index contributed by atoms with van der Waals surface area (Å²) < 4.78 is 4.70. The molecule has 0 aromatic rings. The van der Waals surface area contributed by atoms with E-state index in [1.165, 1.54) is 7.11 Å². The highest BCUT2D eigenvalue weighted by atomic mass is 16.5. The van der Waals surface area contributed by atoms with E-state index in [0.29, 0.717) is 6.54 Å². The predicted octanol–water partition coefficient (Wildman–Crippen LogP) is 0.505. The molecule has 1 saturated heterocycles. The normalized spacial score (nSPS) is 23.5. The molecule has 3 nitrogen and oxygen atoms in total. The molecule has 1 aliphatic rings. The second-order valence-electron chi connectivity index (χ2n) is 3.30. The highest BCUT2D eigenvalue weighted by Gasteiger charge is 2.25. The van der Waals surface area contributed by atoms with Crippen molar-refractivity contribution >= 4 is 5.97 Å². The van der Waals surface area contributed by atoms with Crippen LogP contribution in [0.3, 0.4) is 0 Å². The van der Waals surface area contributed by atoms with Crippen LogP contribution in [0, 0.1) is 18.3 Å². The molecule has 1 atom stereocenters. The summed E-state index contributed by atoms with van der Waals surface area (Å²) in [5.74, 6) is 2.50. The first kappa shape index (κ1) is 10.1. The Morgan fingerprint density at radius 3 is 3.15 bits per heavy atom. The monoisotopic (exact) mass is 181 g/mol. The first-order valence-corrected chi connectivity index (χ1v) is 4.51. The number of hydrogen-bond donors (Lipinski definition) is 0. The lowest BCUT2D eigenvalue weighted by Gasteiger charge is -2.29. The van der Waals surface area contributed by atoms with Crippen LogP contribution in [0.4, 0.5) is 0 Å². The molecule has 0 aromatic heterocycles. The SMILES string of the molecule is C#CCN1CCCC(C(=O)OC)C1. The summed E-state index contributed by atoms with van der Waals surface area (Å²) in [6, 6.07) is 0. The molecular weight excluding hydrogens is 166 g/mol. The fourth-order valence-electron chi connectivity index (χ4n) is 1.69. The molecule has 1 rings (SSSR count). The van der Waals surface area contributed by atoms with Gasteiger partial charge in [0.1, 0.15) is 0 Å². The summed E-state index contributed by atoms with van der Waals surface area (Å²) in [7, 11) is 1.43. The molecule has 3 heteroatoms. The van der Waals surface area contributed by atoms with Gasteiger partial charge >= 0.3 is 5.97 Å². The van der Waals surface area contributed by atoms with Crippen molar-refractivity contribution in [1.82, 2.24) is 4.90 Å². The molecule has 72 valence electrons. The van der Waals surface area contributed by atoms with Crippen LogP contribution in [0.25, 0.3) is 0 Å². The number of piperidine rings is 1. The maximum Gasteiger partial charge on any atom is 0.309 e. The summed E-state index contributed by atoms with van der Waals surface area (Å²) in [6.45, 7) is 2.38. The average Bonchev–Trinajstić information content (AvgIpc) is 2.18. The zero-order valence-electron chi connectivity index (χ0n) is 7.95. The number of likely N-dealkylation sites (tertiary alicyclic amines) is 1. The van der Waals surface area contributed by atoms with Crippen molar-refractivity contribution in [2.24, 2.45) is 5.92 Å². The topological polar surface area (TPSA) is 29.5 Å². The molecule has 1 fully saturated rings. The number of rotatable bonds is 2. The maximum atomic E-state index is 11.2. The van der Waals surface area contributed by atoms with Gasteiger partial charge in [-0.2, -0.15) is 0 Å². The van der Waals surface area contributed by atoms with Gasteiger partial charge in [0.15, 0.2) is 0 Å². The minimum atomic E-state index is -0.110. The number of methoxy groups -OCH3 is 1. The van der Waals surface area contributed by atoms with E-state index < -0.39 is 0 Å². The van der Waals surface area contributed by atoms with E-state index in [-0.39, 0.29) is 11.9 Å². The zero-order valence-corrected chi connectivity index (χ0v) is 7.95. The van der Waals surface area contributed by atoms with Crippen molar-refractivity contribution in [1.29, 1.82) is 0 Å². The Kier molecular flexibility index (Phi) is 3.78. The molecule has 0 amide bonds. The summed E-state index contributed by atoms with van der Waals surface area (Å²) in [5, 5.41) is 0. The fraction of sp³-hybridized carbons (Fsp3) is 0.700. The third-order valence-corrected chi connectivity index (χ3v) is 2.35. The van der Waals surface area contributed by atoms with Gasteiger partial charge in [0.2, 0.25) is 0 Å². The first-order chi connectivity index (χ1) is 6.27. The molecule has 1 heterocycles. The van der Waals surface area contributed by atoms with E-state index in [0.717, 1.165) is 25.9 Å². The van der Waals surface area contributed by atoms with Crippen LogP contribution in [0.5, 0.6) is 0 Å². The van der Waals surface area contributed by atoms with Gasteiger partial charge in [-0.15, -0.1) is 6.42 Å². The van der Waals surface area contributed by atoms with E-state index in [9.17, 15) is 4.79 Å². The second kappa shape index (κ2) is 4.88. The Morgan fingerprint density at radius 2 is 2.54 bits per heavy atom. The Morgan fingerprint density at radius 1 is 1.77 bits per heavy atom. The largest absolute Gasteiger partial charge is 0.469 e. The van der Waals surface area contributed by atoms with Gasteiger partial charge in [0.25, 0.3) is 0 Å². The van der Waals surface area contributed by atoms with E-state index >= 15 is 0 Å². The van der Waals surface area contributed by atoms with Gasteiger partial charge in [-0.25, -0.2) is 0 Å². The van der Waals surface area contributed by atoms with Crippen molar-refractivity contribution < 1.29 is 9.53 Å². The smallest absolute Gasteiger partial charge is 0.309 e. The second-order valence-corrected chi connectivity index (χ2v) is 3.30. The fourth-order valence-corrected chi connectivity index (χ4v) is 1.69. The Hall–Kier alpha value is -1.01. The van der Waals surface area contributed by atoms with Gasteiger partial charge in [-0.3, -0.25) is 9.69 Å². The molecular formula is C10H15NO2. The highest BCUT2D eigenvalue weighted by Crippen LogP contribution is 2.16. The molecule has 0 spiro atoms. The number of carbonyl (C=O) groups is 1. The van der Waals surface area contributed by atoms with Crippen molar-refractivity contribution in [3.63, 3.8) is 0 Å². The number of nitrogens with zero attached hydrogens (tertiary/aromatic N) is 1. The summed E-state index contributed by atoms with van der Waals surface area (Å²) in [4.78, 5) is 13.3. The maximum absolute atomic E-state index is 11.2. The van der Waals surface area contributed by atoms with Crippen LogP contribution in [0.15, 0.2) is 0 Å². The number of ether oxygens (including phenoxy) is 1. The minimum absolute atomic E-state index is 0.0205. The lowest BCUT2D eigenvalue weighted by Crippen LogP contribution is -2.39. The van der Waals surface area contributed by atoms with E-state index in [4.69, 9.17) is 11.2 Å². The molecule has 0 saturated carbocycles. The minimum Gasteiger partial charge on any atom is -0.469 e. The van der Waals surface area contributed by atoms with Crippen LogP contribution in [-0.4, -0.2) is 37.6 Å². The van der Waals surface area contributed by atoms with Crippen LogP contribution >= 0.6 is 0 Å². The lowest BCUT2D eigenvalue weighted by atomic mass is 9.98. The van der Waals surface area contributed by atoms with Crippen molar-refractivity contribution in [2.75, 3.05) is 26.7 Å². The molecule has 0 aliphatic carbocycles. The molecule has 1 aliphatic heterocycles. The van der Waals surface area contributed by atoms with Crippen LogP contribution < -0.4 is 0 Å². The molecule has 0 N–H and O–H groups in total. The Bertz CT molecular complexity index is 219. The number of carbonyl (C=O) groups excluding carboxylic acids is 1. The van der Waals surface area contributed by atoms with E-state index in [1.54, 1.807) is 0 Å². The third-order valence-electron chi connectivity index (χ3n) is 2.35. The van der Waals surface area contributed by atoms with Crippen LogP contribution in [-0.2, 0) is 9.53 Å². The Balaban J connectivity index is 2.42. The van der Waals surface area contributed by atoms with Crippen LogP contribution in [0.1, 0.15) is 12.8 Å². The molecule has 13 heavy (non-hydrogen) atoms. The first-order valence-electron chi connectivity index (χ1n) is 4.51. The van der Waals surface area contributed by atoms with E-state index in [1.807, 2.05) is 0 Å². The van der Waals surface area contributed by atoms with Gasteiger partial charge in [-0.1, -0.05) is 5.92 Å². The predicted molar refractivity (Wildman–Crippen MR) is 50.0 cm³/mol. The molecule has 0 radical (unpaired) electrons. The number of hydrogen-bond acceptors (Lipinski definition) is 3. The molecule has 1 unspecified atom stereocenters. The van der Waals surface area contributed by atoms with Crippen molar-refractivity contribution in [3.8, 4) is 12.3 Å². The summed E-state index contributed by atoms with van der Waals surface area (Å²) in [6.07, 6.45) is 7.16. The third kappa shape index (κ3) is 2.74. The average molecular weight is 181 g/mol. The van der Waals surface area contributed by atoms with Crippen molar-refractivity contribution in [2.45, 2.75) is 12.8 Å². The Labute approximate surface area is 79.1 Å². The van der Waals surface area contributed by atoms with Gasteiger partial charge in [0, 0.05) is 6.54 Å². The van der Waals surface area contributed by atoms with Crippen LogP contribution in [0.2, 0.25) is 0 Å². The molecule has 0 bridgehead atoms. The lowest BCUT2D eigenvalue weighted by molar-refractivity contribution is -0.147. The summed E-state index contributed by atoms with van der Waals surface area (Å²) in [5.41, 5.74) is 0. The summed E-state index contributed by atoms with van der Waals surface area (Å²) >= 11 is 0. The van der Waals surface area contributed by atoms with Gasteiger partial charge < -0.3 is 4.74 Å². The standard InChI is InChI=1S/C10H15NO2/c1-3-6-11-7-4-5-9(8-11)10(12)13-2/h1,9H,4-8H2,2H3. The van der Waals surface area contributed by atoms with E-state index in [2.05, 4.69) is 10.8 Å².